The van der Waals surface area contributed by atoms with Gasteiger partial charge in [-0.05, 0) is 36.3 Å². The molecule has 0 spiro atoms. The smallest absolute Gasteiger partial charge is 0.325 e. The zero-order valence-electron chi connectivity index (χ0n) is 23.0. The summed E-state index contributed by atoms with van der Waals surface area (Å²) in [7, 11) is 4.56. The number of esters is 1. The van der Waals surface area contributed by atoms with Crippen LogP contribution in [0.25, 0.3) is 0 Å². The molecule has 218 valence electrons. The SMILES string of the molecule is CNC(=O)N(C)c1nnc(C(C)(C)C)s1.COC(=O)CSc1cc(/N=c2\sc(=O)n3n2CCCC3)c(F)cc1Cl. The first-order valence-electron chi connectivity index (χ1n) is 12.2. The first-order chi connectivity index (χ1) is 18.8. The number of fused-ring (bicyclic) bond motifs is 1. The van der Waals surface area contributed by atoms with Gasteiger partial charge in [0, 0.05) is 37.5 Å². The molecule has 11 nitrogen and oxygen atoms in total. The Balaban J connectivity index is 0.000000252. The van der Waals surface area contributed by atoms with Crippen LogP contribution < -0.4 is 19.9 Å². The number of amides is 2. The predicted octanol–water partition coefficient (Wildman–Crippen LogP) is 4.41. The summed E-state index contributed by atoms with van der Waals surface area (Å²) >= 11 is 9.61. The van der Waals surface area contributed by atoms with E-state index in [1.807, 2.05) is 0 Å². The highest BCUT2D eigenvalue weighted by atomic mass is 35.5. The summed E-state index contributed by atoms with van der Waals surface area (Å²) in [5.74, 6) is -0.923. The van der Waals surface area contributed by atoms with Gasteiger partial charge < -0.3 is 10.1 Å². The largest absolute Gasteiger partial charge is 0.468 e. The zero-order valence-corrected chi connectivity index (χ0v) is 26.2. The number of carbonyl (C=O) groups is 2. The number of nitrogens with one attached hydrogen (secondary N) is 1. The molecule has 0 saturated heterocycles. The molecule has 3 aromatic rings. The van der Waals surface area contributed by atoms with E-state index in [0.29, 0.717) is 27.9 Å². The molecule has 0 fully saturated rings. The van der Waals surface area contributed by atoms with E-state index in [1.54, 1.807) is 23.5 Å². The third-order valence-electron chi connectivity index (χ3n) is 5.54. The molecule has 2 amide bonds. The molecule has 0 atom stereocenters. The number of hydrogen-bond acceptors (Lipinski definition) is 10. The standard InChI is InChI=1S/C15H15ClFN3O3S2.C9H16N4OS/c1-23-13(21)8-24-12-7-11(10(17)6-9(12)16)18-14-19-4-2-3-5-20(19)15(22)25-14;1-9(2,3)6-11-12-8(15-6)13(5)7(14)10-4/h6-7H,2-5,8H2,1H3;1-5H3,(H,10,14)/b18-14-;. The average Bonchev–Trinajstić information content (AvgIpc) is 3.54. The number of carbonyl (C=O) groups excluding carboxylic acids is 2. The van der Waals surface area contributed by atoms with Crippen LogP contribution >= 0.6 is 46.0 Å². The number of hydrogen-bond donors (Lipinski definition) is 1. The molecule has 1 N–H and O–H groups in total. The van der Waals surface area contributed by atoms with Gasteiger partial charge in [-0.3, -0.25) is 19.2 Å². The molecule has 1 aliphatic heterocycles. The lowest BCUT2D eigenvalue weighted by Gasteiger charge is -2.15. The second-order valence-corrected chi connectivity index (χ2v) is 12.9. The van der Waals surface area contributed by atoms with Gasteiger partial charge in [0.1, 0.15) is 16.5 Å². The highest BCUT2D eigenvalue weighted by molar-refractivity contribution is 8.00. The van der Waals surface area contributed by atoms with Crippen molar-refractivity contribution >= 4 is 68.9 Å². The third kappa shape index (κ3) is 7.92. The molecule has 0 aliphatic carbocycles. The number of urea groups is 1. The van der Waals surface area contributed by atoms with E-state index >= 15 is 0 Å². The molecule has 3 heterocycles. The van der Waals surface area contributed by atoms with Crippen molar-refractivity contribution in [2.45, 2.75) is 57.0 Å². The lowest BCUT2D eigenvalue weighted by molar-refractivity contribution is -0.137. The van der Waals surface area contributed by atoms with Crippen molar-refractivity contribution in [2.75, 3.05) is 31.9 Å². The van der Waals surface area contributed by atoms with E-state index in [-0.39, 0.29) is 32.8 Å². The third-order valence-corrected chi connectivity index (χ3v) is 9.29. The summed E-state index contributed by atoms with van der Waals surface area (Å²) in [6.45, 7) is 7.52. The van der Waals surface area contributed by atoms with Crippen LogP contribution in [0.3, 0.4) is 0 Å². The second-order valence-electron chi connectivity index (χ2n) is 9.57. The number of aromatic nitrogens is 4. The van der Waals surface area contributed by atoms with E-state index in [9.17, 15) is 18.8 Å². The van der Waals surface area contributed by atoms with Crippen molar-refractivity contribution in [3.05, 3.63) is 42.4 Å². The maximum absolute atomic E-state index is 14.3. The van der Waals surface area contributed by atoms with Gasteiger partial charge in [0.15, 0.2) is 0 Å². The van der Waals surface area contributed by atoms with E-state index in [4.69, 9.17) is 11.6 Å². The molecular formula is C24H31ClFN7O4S3. The fraction of sp³-hybridized carbons (Fsp3) is 0.500. The number of ether oxygens (including phenoxy) is 1. The normalized spacial score (nSPS) is 13.2. The van der Waals surface area contributed by atoms with Gasteiger partial charge >= 0.3 is 16.9 Å². The molecule has 2 aromatic heterocycles. The van der Waals surface area contributed by atoms with Crippen LogP contribution in [0.5, 0.6) is 0 Å². The maximum Gasteiger partial charge on any atom is 0.325 e. The predicted molar refractivity (Wildman–Crippen MR) is 157 cm³/mol. The van der Waals surface area contributed by atoms with Crippen LogP contribution in [0, 0.1) is 5.82 Å². The van der Waals surface area contributed by atoms with E-state index in [2.05, 4.69) is 46.0 Å². The van der Waals surface area contributed by atoms with Crippen molar-refractivity contribution < 1.29 is 18.7 Å². The van der Waals surface area contributed by atoms with E-state index in [1.165, 1.54) is 29.4 Å². The van der Waals surface area contributed by atoms with Crippen LogP contribution in [-0.2, 0) is 28.0 Å². The Morgan fingerprint density at radius 3 is 2.50 bits per heavy atom. The summed E-state index contributed by atoms with van der Waals surface area (Å²) < 4.78 is 22.3. The average molecular weight is 632 g/mol. The summed E-state index contributed by atoms with van der Waals surface area (Å²) in [6, 6.07) is 2.46. The van der Waals surface area contributed by atoms with Gasteiger partial charge in [0.05, 0.1) is 17.9 Å². The monoisotopic (exact) mass is 631 g/mol. The summed E-state index contributed by atoms with van der Waals surface area (Å²) in [6.07, 6.45) is 1.90. The van der Waals surface area contributed by atoms with Gasteiger partial charge in [-0.25, -0.2) is 18.9 Å². The van der Waals surface area contributed by atoms with E-state index in [0.717, 1.165) is 47.0 Å². The van der Waals surface area contributed by atoms with Crippen molar-refractivity contribution in [2.24, 2.45) is 4.99 Å². The molecule has 0 bridgehead atoms. The molecule has 4 rings (SSSR count). The Bertz CT molecular complexity index is 1490. The molecule has 1 aromatic carbocycles. The Kier molecular flexibility index (Phi) is 10.9. The van der Waals surface area contributed by atoms with Crippen LogP contribution in [-0.4, -0.2) is 58.5 Å². The molecule has 0 unspecified atom stereocenters. The summed E-state index contributed by atoms with van der Waals surface area (Å²) in [4.78, 5) is 41.3. The highest BCUT2D eigenvalue weighted by Crippen LogP contribution is 2.33. The van der Waals surface area contributed by atoms with E-state index < -0.39 is 11.8 Å². The molecule has 16 heteroatoms. The number of rotatable bonds is 5. The Morgan fingerprint density at radius 2 is 1.90 bits per heavy atom. The molecular weight excluding hydrogens is 601 g/mol. The Morgan fingerprint density at radius 1 is 1.23 bits per heavy atom. The minimum Gasteiger partial charge on any atom is -0.468 e. The molecule has 0 radical (unpaired) electrons. The maximum atomic E-state index is 14.3. The number of thioether (sulfide) groups is 1. The number of anilines is 1. The van der Waals surface area contributed by atoms with Crippen molar-refractivity contribution in [3.8, 4) is 0 Å². The fourth-order valence-corrected chi connectivity index (χ4v) is 6.19. The minimum atomic E-state index is -0.580. The molecule has 0 saturated carbocycles. The highest BCUT2D eigenvalue weighted by Gasteiger charge is 2.22. The van der Waals surface area contributed by atoms with Gasteiger partial charge in [-0.1, -0.05) is 43.7 Å². The lowest BCUT2D eigenvalue weighted by atomic mass is 9.98. The first kappa shape index (κ1) is 31.8. The second kappa shape index (κ2) is 13.7. The Labute approximate surface area is 248 Å². The van der Waals surface area contributed by atoms with Gasteiger partial charge in [-0.2, -0.15) is 0 Å². The molecule has 1 aliphatic rings. The number of nitrogens with zero attached hydrogens (tertiary/aromatic N) is 6. The van der Waals surface area contributed by atoms with Crippen LogP contribution in [0.2, 0.25) is 5.02 Å². The zero-order chi connectivity index (χ0) is 29.6. The first-order valence-corrected chi connectivity index (χ1v) is 15.2. The minimum absolute atomic E-state index is 0.0283. The lowest BCUT2D eigenvalue weighted by Crippen LogP contribution is -2.34. The van der Waals surface area contributed by atoms with Gasteiger partial charge in [0.2, 0.25) is 9.93 Å². The quantitative estimate of drug-likeness (QED) is 0.327. The topological polar surface area (TPSA) is 124 Å². The van der Waals surface area contributed by atoms with Gasteiger partial charge in [0.25, 0.3) is 0 Å². The van der Waals surface area contributed by atoms with Crippen molar-refractivity contribution in [3.63, 3.8) is 0 Å². The number of halogens is 2. The summed E-state index contributed by atoms with van der Waals surface area (Å²) in [5.41, 5.74) is 0.0545. The van der Waals surface area contributed by atoms with Gasteiger partial charge in [-0.15, -0.1) is 22.0 Å². The Hall–Kier alpha value is -2.75. The number of benzene rings is 1. The van der Waals surface area contributed by atoms with Crippen LogP contribution in [0.1, 0.15) is 38.6 Å². The fourth-order valence-electron chi connectivity index (χ4n) is 3.34. The van der Waals surface area contributed by atoms with Crippen molar-refractivity contribution in [1.82, 2.24) is 24.9 Å². The van der Waals surface area contributed by atoms with Crippen LogP contribution in [0.4, 0.5) is 20.0 Å². The van der Waals surface area contributed by atoms with Crippen molar-refractivity contribution in [1.29, 1.82) is 0 Å². The van der Waals surface area contributed by atoms with Crippen LogP contribution in [0.15, 0.2) is 26.8 Å². The summed E-state index contributed by atoms with van der Waals surface area (Å²) in [5, 5.41) is 12.3. The number of methoxy groups -OCH3 is 1. The molecule has 40 heavy (non-hydrogen) atoms.